The summed E-state index contributed by atoms with van der Waals surface area (Å²) in [6.45, 7) is 3.12. The van der Waals surface area contributed by atoms with Crippen molar-refractivity contribution in [2.45, 2.75) is 6.04 Å². The van der Waals surface area contributed by atoms with Crippen molar-refractivity contribution < 1.29 is 9.13 Å². The highest BCUT2D eigenvalue weighted by Crippen LogP contribution is 2.30. The average molecular weight is 381 g/mol. The molecule has 25 heavy (non-hydrogen) atoms. The van der Waals surface area contributed by atoms with Gasteiger partial charge in [-0.3, -0.25) is 4.98 Å². The van der Waals surface area contributed by atoms with Crippen molar-refractivity contribution in [3.8, 4) is 5.75 Å². The topological polar surface area (TPSA) is 50.3 Å². The number of aromatic nitrogens is 2. The van der Waals surface area contributed by atoms with Gasteiger partial charge in [-0.05, 0) is 24.3 Å². The summed E-state index contributed by atoms with van der Waals surface area (Å²) in [5.41, 5.74) is 0.709. The number of hydrogen-bond donors (Lipinski definition) is 1. The van der Waals surface area contributed by atoms with Crippen LogP contribution in [-0.2, 0) is 0 Å². The fraction of sp³-hybridized carbons (Fsp3) is 0.294. The van der Waals surface area contributed by atoms with Gasteiger partial charge in [-0.2, -0.15) is 0 Å². The van der Waals surface area contributed by atoms with E-state index in [9.17, 15) is 4.39 Å². The van der Waals surface area contributed by atoms with Gasteiger partial charge in [-0.25, -0.2) is 9.37 Å². The van der Waals surface area contributed by atoms with Gasteiger partial charge in [0.1, 0.15) is 18.2 Å². The molecule has 0 radical (unpaired) electrons. The maximum absolute atomic E-state index is 13.4. The van der Waals surface area contributed by atoms with E-state index in [0.29, 0.717) is 12.1 Å². The van der Waals surface area contributed by atoms with Crippen molar-refractivity contribution in [2.24, 2.45) is 0 Å². The van der Waals surface area contributed by atoms with Gasteiger partial charge in [0.05, 0.1) is 22.5 Å². The number of halogens is 2. The first kappa shape index (κ1) is 17.8. The van der Waals surface area contributed by atoms with E-state index < -0.39 is 0 Å². The van der Waals surface area contributed by atoms with Crippen LogP contribution in [0.25, 0.3) is 10.2 Å². The fourth-order valence-electron chi connectivity index (χ4n) is 2.80. The minimum absolute atomic E-state index is 0. The highest BCUT2D eigenvalue weighted by Gasteiger charge is 2.25. The van der Waals surface area contributed by atoms with E-state index in [-0.39, 0.29) is 24.3 Å². The zero-order chi connectivity index (χ0) is 16.4. The number of benzene rings is 1. The number of rotatable bonds is 4. The molecule has 1 N–H and O–H groups in total. The van der Waals surface area contributed by atoms with Gasteiger partial charge in [0, 0.05) is 31.9 Å². The highest BCUT2D eigenvalue weighted by molar-refractivity contribution is 7.22. The Labute approximate surface area is 155 Å². The number of nitrogens with one attached hydrogen (secondary N) is 1. The van der Waals surface area contributed by atoms with Crippen LogP contribution < -0.4 is 15.0 Å². The monoisotopic (exact) mass is 380 g/mol. The van der Waals surface area contributed by atoms with Crippen molar-refractivity contribution in [2.75, 3.05) is 31.1 Å². The van der Waals surface area contributed by atoms with Gasteiger partial charge in [-0.1, -0.05) is 11.3 Å². The Morgan fingerprint density at radius 2 is 2.28 bits per heavy atom. The number of ether oxygens (including phenoxy) is 1. The molecule has 0 aliphatic carbocycles. The summed E-state index contributed by atoms with van der Waals surface area (Å²) in [5.74, 6) is 0.505. The Balaban J connectivity index is 0.00000182. The molecule has 0 bridgehead atoms. The lowest BCUT2D eigenvalue weighted by Crippen LogP contribution is -2.54. The molecule has 1 fully saturated rings. The van der Waals surface area contributed by atoms with E-state index in [0.717, 1.165) is 35.2 Å². The van der Waals surface area contributed by atoms with Crippen LogP contribution in [0.4, 0.5) is 9.52 Å². The van der Waals surface area contributed by atoms with Crippen molar-refractivity contribution in [1.29, 1.82) is 0 Å². The first-order valence-electron chi connectivity index (χ1n) is 7.86. The largest absolute Gasteiger partial charge is 0.490 e. The molecule has 3 aromatic rings. The molecule has 1 aromatic carbocycles. The zero-order valence-corrected chi connectivity index (χ0v) is 15.0. The number of thiazole rings is 1. The van der Waals surface area contributed by atoms with Crippen LogP contribution in [0.15, 0.2) is 42.7 Å². The van der Waals surface area contributed by atoms with E-state index in [2.05, 4.69) is 20.2 Å². The second-order valence-corrected chi connectivity index (χ2v) is 6.67. The van der Waals surface area contributed by atoms with Crippen LogP contribution in [-0.4, -0.2) is 42.3 Å². The summed E-state index contributed by atoms with van der Waals surface area (Å²) in [7, 11) is 0. The molecule has 8 heteroatoms. The molecular formula is C17H18ClFN4OS. The second-order valence-electron chi connectivity index (χ2n) is 5.66. The first-order chi connectivity index (χ1) is 11.8. The number of nitrogens with zero attached hydrogens (tertiary/aromatic N) is 3. The van der Waals surface area contributed by atoms with E-state index in [4.69, 9.17) is 4.74 Å². The zero-order valence-electron chi connectivity index (χ0n) is 13.4. The molecule has 4 rings (SSSR count). The van der Waals surface area contributed by atoms with Gasteiger partial charge in [0.2, 0.25) is 0 Å². The maximum atomic E-state index is 13.4. The Morgan fingerprint density at radius 1 is 1.36 bits per heavy atom. The van der Waals surface area contributed by atoms with Gasteiger partial charge in [0.25, 0.3) is 0 Å². The van der Waals surface area contributed by atoms with Crippen molar-refractivity contribution in [1.82, 2.24) is 15.3 Å². The smallest absolute Gasteiger partial charge is 0.186 e. The van der Waals surface area contributed by atoms with Crippen LogP contribution in [0.2, 0.25) is 0 Å². The van der Waals surface area contributed by atoms with Gasteiger partial charge < -0.3 is 15.0 Å². The summed E-state index contributed by atoms with van der Waals surface area (Å²) in [6, 6.07) is 8.67. The Bertz CT molecular complexity index is 832. The molecule has 132 valence electrons. The summed E-state index contributed by atoms with van der Waals surface area (Å²) >= 11 is 1.59. The van der Waals surface area contributed by atoms with Crippen LogP contribution in [0, 0.1) is 5.82 Å². The minimum atomic E-state index is -0.254. The molecule has 0 saturated carbocycles. The third-order valence-corrected chi connectivity index (χ3v) is 5.08. The minimum Gasteiger partial charge on any atom is -0.490 e. The molecule has 2 aromatic heterocycles. The first-order valence-corrected chi connectivity index (χ1v) is 8.67. The van der Waals surface area contributed by atoms with Crippen LogP contribution >= 0.6 is 23.7 Å². The molecular weight excluding hydrogens is 363 g/mol. The molecule has 1 unspecified atom stereocenters. The number of fused-ring (bicyclic) bond motifs is 1. The molecule has 5 nitrogen and oxygen atoms in total. The fourth-order valence-corrected chi connectivity index (χ4v) is 3.84. The lowest BCUT2D eigenvalue weighted by Gasteiger charge is -2.35. The van der Waals surface area contributed by atoms with Gasteiger partial charge in [0.15, 0.2) is 5.13 Å². The second kappa shape index (κ2) is 7.95. The van der Waals surface area contributed by atoms with Crippen molar-refractivity contribution in [3.63, 3.8) is 0 Å². The van der Waals surface area contributed by atoms with E-state index in [1.165, 1.54) is 12.1 Å². The Kier molecular flexibility index (Phi) is 5.67. The summed E-state index contributed by atoms with van der Waals surface area (Å²) in [5, 5.41) is 4.31. The summed E-state index contributed by atoms with van der Waals surface area (Å²) in [4.78, 5) is 10.9. The van der Waals surface area contributed by atoms with E-state index in [1.807, 2.05) is 12.1 Å². The number of piperazine rings is 1. The molecule has 1 saturated heterocycles. The maximum Gasteiger partial charge on any atom is 0.186 e. The van der Waals surface area contributed by atoms with Gasteiger partial charge >= 0.3 is 0 Å². The van der Waals surface area contributed by atoms with Crippen LogP contribution in [0.5, 0.6) is 5.75 Å². The third-order valence-electron chi connectivity index (χ3n) is 4.01. The molecule has 1 aliphatic rings. The van der Waals surface area contributed by atoms with E-state index in [1.54, 1.807) is 29.8 Å². The summed E-state index contributed by atoms with van der Waals surface area (Å²) in [6.07, 6.45) is 3.43. The SMILES string of the molecule is Cl.Fc1ccc2sc(N3CCNCC3COc3cccnc3)nc2c1. The van der Waals surface area contributed by atoms with Crippen LogP contribution in [0.1, 0.15) is 0 Å². The number of anilines is 1. The summed E-state index contributed by atoms with van der Waals surface area (Å²) < 4.78 is 20.2. The predicted molar refractivity (Wildman–Crippen MR) is 101 cm³/mol. The quantitative estimate of drug-likeness (QED) is 0.753. The Morgan fingerprint density at radius 3 is 3.12 bits per heavy atom. The van der Waals surface area contributed by atoms with Gasteiger partial charge in [-0.15, -0.1) is 12.4 Å². The lowest BCUT2D eigenvalue weighted by atomic mass is 10.2. The highest BCUT2D eigenvalue weighted by atomic mass is 35.5. The van der Waals surface area contributed by atoms with Crippen molar-refractivity contribution in [3.05, 3.63) is 48.5 Å². The molecule has 1 aliphatic heterocycles. The lowest BCUT2D eigenvalue weighted by molar-refractivity contribution is 0.266. The third kappa shape index (κ3) is 4.00. The Hall–Kier alpha value is -1.96. The number of pyridine rings is 1. The van der Waals surface area contributed by atoms with Crippen molar-refractivity contribution >= 4 is 39.1 Å². The standard InChI is InChI=1S/C17H17FN4OS.ClH/c18-12-3-4-16-15(8-12)21-17(24-16)22-7-6-20-9-13(22)11-23-14-2-1-5-19-10-14;/h1-5,8,10,13,20H,6-7,9,11H2;1H. The molecule has 1 atom stereocenters. The number of hydrogen-bond acceptors (Lipinski definition) is 6. The molecule has 0 amide bonds. The predicted octanol–water partition coefficient (Wildman–Crippen LogP) is 3.11. The van der Waals surface area contributed by atoms with Crippen LogP contribution in [0.3, 0.4) is 0 Å². The van der Waals surface area contributed by atoms with E-state index >= 15 is 0 Å². The average Bonchev–Trinajstić information content (AvgIpc) is 3.04. The normalized spacial score (nSPS) is 17.3. The molecule has 3 heterocycles. The molecule has 0 spiro atoms.